The van der Waals surface area contributed by atoms with Crippen molar-refractivity contribution in [1.29, 1.82) is 0 Å². The lowest BCUT2D eigenvalue weighted by atomic mass is 9.89. The molecule has 1 unspecified atom stereocenters. The molecule has 0 radical (unpaired) electrons. The second kappa shape index (κ2) is 9.80. The Hall–Kier alpha value is 0.620. The van der Waals surface area contributed by atoms with Gasteiger partial charge in [0.1, 0.15) is 28.9 Å². The van der Waals surface area contributed by atoms with Gasteiger partial charge in [-0.25, -0.2) is 7.42 Å². The van der Waals surface area contributed by atoms with Crippen LogP contribution >= 0.6 is 41.2 Å². The lowest BCUT2D eigenvalue weighted by Gasteiger charge is -2.30. The molecule has 0 aliphatic carbocycles. The summed E-state index contributed by atoms with van der Waals surface area (Å²) in [5.41, 5.74) is -0.596. The number of rotatable bonds is 9. The third-order valence-corrected chi connectivity index (χ3v) is 8.87. The Labute approximate surface area is 149 Å². The molecule has 1 atom stereocenters. The summed E-state index contributed by atoms with van der Waals surface area (Å²) in [5, 5.41) is 0. The van der Waals surface area contributed by atoms with Gasteiger partial charge in [0.25, 0.3) is 0 Å². The topological polar surface area (TPSA) is 74.3 Å². The van der Waals surface area contributed by atoms with E-state index >= 15 is 0 Å². The van der Waals surface area contributed by atoms with Gasteiger partial charge in [-0.3, -0.25) is 9.69 Å². The second-order valence-electron chi connectivity index (χ2n) is 5.47. The van der Waals surface area contributed by atoms with Crippen LogP contribution in [0, 0.1) is 5.41 Å². The average molecular weight is 467 g/mol. The van der Waals surface area contributed by atoms with E-state index < -0.39 is 12.2 Å². The van der Waals surface area contributed by atoms with E-state index in [1.54, 1.807) is 0 Å². The lowest BCUT2D eigenvalue weighted by Crippen LogP contribution is -2.39. The van der Waals surface area contributed by atoms with Crippen molar-refractivity contribution in [1.82, 2.24) is 4.90 Å². The Balaban J connectivity index is 2.33. The Bertz CT molecular complexity index is 397. The molecule has 1 aliphatic heterocycles. The number of ether oxygens (including phenoxy) is 2. The Morgan fingerprint density at radius 3 is 2.59 bits per heavy atom. The van der Waals surface area contributed by atoms with E-state index in [0.717, 1.165) is 44.2 Å². The molecule has 0 spiro atoms. The van der Waals surface area contributed by atoms with Crippen LogP contribution in [-0.2, 0) is 26.2 Å². The molecule has 0 N–H and O–H groups in total. The van der Waals surface area contributed by atoms with Gasteiger partial charge >= 0.3 is 12.8 Å². The molecule has 0 bridgehead atoms. The van der Waals surface area contributed by atoms with Crippen LogP contribution in [-0.4, -0.2) is 56.8 Å². The summed E-state index contributed by atoms with van der Waals surface area (Å²) in [6.45, 7) is 4.58. The molecule has 1 aliphatic rings. The summed E-state index contributed by atoms with van der Waals surface area (Å²) in [6, 6.07) is 0. The predicted molar refractivity (Wildman–Crippen MR) is 93.9 cm³/mol. The van der Waals surface area contributed by atoms with E-state index in [9.17, 15) is 9.36 Å². The van der Waals surface area contributed by atoms with Gasteiger partial charge in [-0.2, -0.15) is 0 Å². The highest BCUT2D eigenvalue weighted by atomic mass is 127. The number of nitrogens with zero attached hydrogens (tertiary/aromatic N) is 1. The molecule has 1 heterocycles. The van der Waals surface area contributed by atoms with Crippen molar-refractivity contribution in [2.45, 2.75) is 20.3 Å². The highest BCUT2D eigenvalue weighted by molar-refractivity contribution is 14.1. The van der Waals surface area contributed by atoms with Gasteiger partial charge in [0.15, 0.2) is 0 Å². The Kier molecular flexibility index (Phi) is 9.21. The van der Waals surface area contributed by atoms with Crippen molar-refractivity contribution in [2.75, 3.05) is 45.9 Å². The Morgan fingerprint density at radius 1 is 1.41 bits per heavy atom. The maximum atomic E-state index is 12.1. The summed E-state index contributed by atoms with van der Waals surface area (Å²) in [7, 11) is 1.29. The van der Waals surface area contributed by atoms with Gasteiger partial charge < -0.3 is 14.0 Å². The van der Waals surface area contributed by atoms with E-state index in [1.165, 1.54) is 30.1 Å². The molecule has 0 amide bonds. The van der Waals surface area contributed by atoms with Crippen LogP contribution in [0.3, 0.4) is 0 Å². The molecule has 1 saturated heterocycles. The molecule has 0 aromatic heterocycles. The number of carbonyl (C=O) groups is 1. The molecular formula is C12H23INO6PS. The van der Waals surface area contributed by atoms with Crippen LogP contribution in [0.1, 0.15) is 20.3 Å². The van der Waals surface area contributed by atoms with Crippen molar-refractivity contribution in [2.24, 2.45) is 5.41 Å². The first-order valence-electron chi connectivity index (χ1n) is 6.91. The van der Waals surface area contributed by atoms with E-state index in [-0.39, 0.29) is 11.9 Å². The van der Waals surface area contributed by atoms with Gasteiger partial charge in [-0.1, -0.05) is 0 Å². The number of morpholine rings is 1. The summed E-state index contributed by atoms with van der Waals surface area (Å²) < 4.78 is 31.8. The fraction of sp³-hybridized carbons (Fsp3) is 0.917. The van der Waals surface area contributed by atoms with E-state index in [4.69, 9.17) is 16.9 Å². The largest absolute Gasteiger partial charge is 0.454 e. The van der Waals surface area contributed by atoms with Crippen LogP contribution in [0.2, 0.25) is 0 Å². The van der Waals surface area contributed by atoms with Gasteiger partial charge in [0.05, 0.1) is 18.6 Å². The molecule has 7 nitrogen and oxygen atoms in total. The molecular weight excluding hydrogens is 444 g/mol. The number of halogens is 1. The minimum absolute atomic E-state index is 0.0616. The van der Waals surface area contributed by atoms with Crippen molar-refractivity contribution in [3.05, 3.63) is 0 Å². The number of hydrogen-bond acceptors (Lipinski definition) is 8. The SMILES string of the molecule is COP(=O)(OI)SCOC(=O)C(C)(C)CCN1CCOCC1. The number of hydrogen-bond donors (Lipinski definition) is 0. The van der Waals surface area contributed by atoms with Crippen LogP contribution in [0.5, 0.6) is 0 Å². The minimum atomic E-state index is -3.22. The van der Waals surface area contributed by atoms with Crippen LogP contribution in [0.4, 0.5) is 0 Å². The van der Waals surface area contributed by atoms with E-state index in [1.807, 2.05) is 13.8 Å². The third-order valence-electron chi connectivity index (χ3n) is 3.42. The zero-order valence-corrected chi connectivity index (χ0v) is 16.9. The third kappa shape index (κ3) is 7.02. The summed E-state index contributed by atoms with van der Waals surface area (Å²) in [5.74, 6) is -0.377. The summed E-state index contributed by atoms with van der Waals surface area (Å²) in [4.78, 5) is 14.4. The molecule has 0 saturated carbocycles. The lowest BCUT2D eigenvalue weighted by molar-refractivity contribution is -0.152. The van der Waals surface area contributed by atoms with Crippen molar-refractivity contribution >= 4 is 47.2 Å². The molecule has 130 valence electrons. The molecule has 0 aromatic carbocycles. The quantitative estimate of drug-likeness (QED) is 0.222. The van der Waals surface area contributed by atoms with E-state index in [0.29, 0.717) is 6.42 Å². The van der Waals surface area contributed by atoms with Gasteiger partial charge in [-0.05, 0) is 26.8 Å². The van der Waals surface area contributed by atoms with Crippen LogP contribution in [0.15, 0.2) is 0 Å². The smallest absolute Gasteiger partial charge is 0.401 e. The number of esters is 1. The fourth-order valence-electron chi connectivity index (χ4n) is 1.81. The molecule has 10 heteroatoms. The molecule has 22 heavy (non-hydrogen) atoms. The van der Waals surface area contributed by atoms with E-state index in [2.05, 4.69) is 4.90 Å². The average Bonchev–Trinajstić information content (AvgIpc) is 2.53. The standard InChI is InChI=1S/C12H23INO6PS/c1-12(2,4-5-14-6-8-18-9-7-14)11(15)19-10-22-21(16,17-3)20-13/h4-10H2,1-3H3. The van der Waals surface area contributed by atoms with Crippen molar-refractivity contribution in [3.8, 4) is 0 Å². The summed E-state index contributed by atoms with van der Waals surface area (Å²) >= 11 is 2.36. The zero-order chi connectivity index (χ0) is 16.6. The highest BCUT2D eigenvalue weighted by Crippen LogP contribution is 2.61. The fourth-order valence-corrected chi connectivity index (χ4v) is 4.78. The number of carbonyl (C=O) groups excluding carboxylic acids is 1. The zero-order valence-electron chi connectivity index (χ0n) is 13.1. The second-order valence-corrected chi connectivity index (χ2v) is 10.7. The molecule has 1 fully saturated rings. The first-order valence-corrected chi connectivity index (χ1v) is 10.9. The normalized spacial score (nSPS) is 19.6. The minimum Gasteiger partial charge on any atom is -0.454 e. The van der Waals surface area contributed by atoms with Crippen LogP contribution in [0.25, 0.3) is 0 Å². The molecule has 0 aromatic rings. The van der Waals surface area contributed by atoms with Gasteiger partial charge in [0, 0.05) is 31.6 Å². The van der Waals surface area contributed by atoms with Crippen LogP contribution < -0.4 is 0 Å². The summed E-state index contributed by atoms with van der Waals surface area (Å²) in [6.07, 6.45) is 0.696. The Morgan fingerprint density at radius 2 is 2.05 bits per heavy atom. The van der Waals surface area contributed by atoms with Gasteiger partial charge in [0.2, 0.25) is 0 Å². The van der Waals surface area contributed by atoms with Crippen molar-refractivity contribution in [3.63, 3.8) is 0 Å². The maximum Gasteiger partial charge on any atom is 0.401 e. The first-order chi connectivity index (χ1) is 10.3. The van der Waals surface area contributed by atoms with Gasteiger partial charge in [-0.15, -0.1) is 0 Å². The predicted octanol–water partition coefficient (Wildman–Crippen LogP) is 3.09. The van der Waals surface area contributed by atoms with Crippen molar-refractivity contribution < 1.29 is 26.2 Å². The monoisotopic (exact) mass is 467 g/mol. The highest BCUT2D eigenvalue weighted by Gasteiger charge is 2.31. The maximum absolute atomic E-state index is 12.1. The molecule has 1 rings (SSSR count). The first kappa shape index (κ1) is 20.7.